The van der Waals surface area contributed by atoms with Crippen LogP contribution in [0.4, 0.5) is 20.7 Å². The fourth-order valence-electron chi connectivity index (χ4n) is 5.24. The van der Waals surface area contributed by atoms with E-state index in [-0.39, 0.29) is 30.9 Å². The molecule has 2 unspecified atom stereocenters. The van der Waals surface area contributed by atoms with Gasteiger partial charge >= 0.3 is 17.8 Å². The van der Waals surface area contributed by atoms with E-state index in [2.05, 4.69) is 25.0 Å². The fourth-order valence-corrected chi connectivity index (χ4v) is 5.24. The Labute approximate surface area is 220 Å². The summed E-state index contributed by atoms with van der Waals surface area (Å²) in [6.07, 6.45) is 4.45. The number of hydrogen-bond donors (Lipinski definition) is 1. The van der Waals surface area contributed by atoms with E-state index in [1.807, 2.05) is 20.8 Å². The van der Waals surface area contributed by atoms with E-state index < -0.39 is 24.9 Å². The van der Waals surface area contributed by atoms with Crippen LogP contribution in [-0.2, 0) is 4.79 Å². The lowest BCUT2D eigenvalue weighted by atomic mass is 9.92. The number of anilines is 2. The van der Waals surface area contributed by atoms with Crippen molar-refractivity contribution in [2.45, 2.75) is 70.4 Å². The Morgan fingerprint density at radius 1 is 1.18 bits per heavy atom. The number of carbonyl (C=O) groups excluding carboxylic acids is 1. The van der Waals surface area contributed by atoms with Crippen molar-refractivity contribution in [2.75, 3.05) is 42.5 Å². The number of aromatic nitrogens is 4. The Morgan fingerprint density at radius 3 is 2.55 bits per heavy atom. The van der Waals surface area contributed by atoms with Crippen molar-refractivity contribution in [3.8, 4) is 5.75 Å². The molecule has 206 valence electrons. The predicted molar refractivity (Wildman–Crippen MR) is 135 cm³/mol. The van der Waals surface area contributed by atoms with E-state index >= 15 is 0 Å². The molecule has 3 aliphatic heterocycles. The molecule has 0 saturated carbocycles. The summed E-state index contributed by atoms with van der Waals surface area (Å²) < 4.78 is 40.6. The Bertz CT molecular complexity index is 1180. The van der Waals surface area contributed by atoms with E-state index in [1.54, 1.807) is 17.3 Å². The Morgan fingerprint density at radius 2 is 1.89 bits per heavy atom. The van der Waals surface area contributed by atoms with Crippen LogP contribution in [0.2, 0.25) is 0 Å². The van der Waals surface area contributed by atoms with E-state index in [4.69, 9.17) is 15.0 Å². The molecule has 0 aliphatic carbocycles. The van der Waals surface area contributed by atoms with Crippen molar-refractivity contribution in [3.63, 3.8) is 0 Å². The van der Waals surface area contributed by atoms with Crippen LogP contribution in [0.15, 0.2) is 16.9 Å². The quantitative estimate of drug-likeness (QED) is 0.552. The van der Waals surface area contributed by atoms with E-state index in [0.717, 1.165) is 30.5 Å². The molecule has 0 radical (unpaired) electrons. The number of alkyl halides is 2. The first-order chi connectivity index (χ1) is 18.1. The average Bonchev–Trinajstić information content (AvgIpc) is 3.54. The molecule has 2 aromatic heterocycles. The number of nitrogens with two attached hydrogens (primary N) is 1. The first kappa shape index (κ1) is 26.4. The molecule has 11 nitrogen and oxygen atoms in total. The van der Waals surface area contributed by atoms with Crippen molar-refractivity contribution in [1.82, 2.24) is 20.1 Å². The number of amides is 1. The molecule has 5 rings (SSSR count). The third kappa shape index (κ3) is 5.62. The van der Waals surface area contributed by atoms with Gasteiger partial charge in [-0.2, -0.15) is 18.3 Å². The first-order valence-electron chi connectivity index (χ1n) is 13.2. The van der Waals surface area contributed by atoms with Gasteiger partial charge in [0, 0.05) is 32.0 Å². The molecule has 5 heterocycles. The molecule has 2 aromatic rings. The second-order valence-corrected chi connectivity index (χ2v) is 10.8. The monoisotopic (exact) mass is 533 g/mol. The zero-order valence-corrected chi connectivity index (χ0v) is 22.0. The molecule has 0 aromatic carbocycles. The zero-order chi connectivity index (χ0) is 27.0. The van der Waals surface area contributed by atoms with Crippen LogP contribution in [0.25, 0.3) is 0 Å². The average molecular weight is 534 g/mol. The molecular weight excluding hydrogens is 498 g/mol. The number of rotatable bonds is 6. The molecule has 1 amide bonds. The van der Waals surface area contributed by atoms with Gasteiger partial charge in [0.15, 0.2) is 17.3 Å². The van der Waals surface area contributed by atoms with Crippen LogP contribution in [0, 0.1) is 5.92 Å². The van der Waals surface area contributed by atoms with Gasteiger partial charge in [-0.25, -0.2) is 14.8 Å². The van der Waals surface area contributed by atoms with Crippen LogP contribution in [-0.4, -0.2) is 87.1 Å². The Balaban J connectivity index is 1.16. The SMILES string of the molecule is CC(C)c1noc(N2CCC(C(C)Oc3cnc(N4CC(=[N+]5CC(F)(F)CCC5=O)C(N)C4)nc3)CC2)n1. The fraction of sp³-hybridized carbons (Fsp3) is 0.680. The van der Waals surface area contributed by atoms with Gasteiger partial charge in [0.25, 0.3) is 0 Å². The third-order valence-electron chi connectivity index (χ3n) is 7.58. The number of carbonyl (C=O) groups is 1. The second-order valence-electron chi connectivity index (χ2n) is 10.8. The van der Waals surface area contributed by atoms with Crippen LogP contribution in [0.1, 0.15) is 58.2 Å². The Hall–Kier alpha value is -3.22. The van der Waals surface area contributed by atoms with Crippen LogP contribution >= 0.6 is 0 Å². The van der Waals surface area contributed by atoms with Gasteiger partial charge in [0.1, 0.15) is 12.6 Å². The minimum atomic E-state index is -2.90. The molecule has 0 bridgehead atoms. The number of hydrogen-bond acceptors (Lipinski definition) is 10. The van der Waals surface area contributed by atoms with E-state index in [1.165, 1.54) is 0 Å². The molecule has 3 aliphatic rings. The number of halogens is 2. The van der Waals surface area contributed by atoms with Crippen molar-refractivity contribution < 1.29 is 27.4 Å². The topological polar surface area (TPSA) is 127 Å². The largest absolute Gasteiger partial charge is 0.487 e. The van der Waals surface area contributed by atoms with Crippen molar-refractivity contribution in [1.29, 1.82) is 0 Å². The highest BCUT2D eigenvalue weighted by atomic mass is 19.3. The minimum absolute atomic E-state index is 0.0348. The van der Waals surface area contributed by atoms with Gasteiger partial charge in [-0.3, -0.25) is 0 Å². The van der Waals surface area contributed by atoms with Crippen LogP contribution < -0.4 is 20.3 Å². The maximum absolute atomic E-state index is 13.9. The lowest BCUT2D eigenvalue weighted by Crippen LogP contribution is -2.47. The highest BCUT2D eigenvalue weighted by Gasteiger charge is 2.47. The third-order valence-corrected chi connectivity index (χ3v) is 7.58. The summed E-state index contributed by atoms with van der Waals surface area (Å²) in [7, 11) is 0. The lowest BCUT2D eigenvalue weighted by molar-refractivity contribution is -0.487. The van der Waals surface area contributed by atoms with Gasteiger partial charge < -0.3 is 24.8 Å². The molecule has 3 fully saturated rings. The predicted octanol–water partition coefficient (Wildman–Crippen LogP) is 2.22. The summed E-state index contributed by atoms with van der Waals surface area (Å²) in [6, 6.07) is 0.0347. The minimum Gasteiger partial charge on any atom is -0.487 e. The second kappa shape index (κ2) is 10.5. The molecule has 2 atom stereocenters. The highest BCUT2D eigenvalue weighted by molar-refractivity contribution is 5.95. The van der Waals surface area contributed by atoms with Gasteiger partial charge in [-0.1, -0.05) is 19.0 Å². The summed E-state index contributed by atoms with van der Waals surface area (Å²) in [5, 5.41) is 4.05. The number of nitrogens with zero attached hydrogens (tertiary/aromatic N) is 7. The van der Waals surface area contributed by atoms with Gasteiger partial charge in [0.05, 0.1) is 24.9 Å². The molecule has 13 heteroatoms. The molecule has 2 N–H and O–H groups in total. The maximum atomic E-state index is 13.9. The van der Waals surface area contributed by atoms with Crippen LogP contribution in [0.5, 0.6) is 5.75 Å². The molecule has 0 spiro atoms. The summed E-state index contributed by atoms with van der Waals surface area (Å²) in [4.78, 5) is 29.5. The number of ether oxygens (including phenoxy) is 1. The summed E-state index contributed by atoms with van der Waals surface area (Å²) >= 11 is 0. The highest BCUT2D eigenvalue weighted by Crippen LogP contribution is 2.29. The summed E-state index contributed by atoms with van der Waals surface area (Å²) in [6.45, 7) is 7.70. The zero-order valence-electron chi connectivity index (χ0n) is 22.0. The lowest BCUT2D eigenvalue weighted by Gasteiger charge is -2.33. The summed E-state index contributed by atoms with van der Waals surface area (Å²) in [5.74, 6) is -0.949. The summed E-state index contributed by atoms with van der Waals surface area (Å²) in [5.41, 5.74) is 6.70. The van der Waals surface area contributed by atoms with E-state index in [9.17, 15) is 13.6 Å². The molecule has 3 saturated heterocycles. The molecular formula is C25H35F2N8O3+. The van der Waals surface area contributed by atoms with Gasteiger partial charge in [0.2, 0.25) is 12.5 Å². The van der Waals surface area contributed by atoms with E-state index in [0.29, 0.717) is 41.7 Å². The maximum Gasteiger partial charge on any atom is 0.387 e. The smallest absolute Gasteiger partial charge is 0.387 e. The standard InChI is InChI=1S/C25H35F2N8O3/c1-15(2)22-31-24(38-32-22)33-8-5-17(6-9-33)16(3)37-18-10-29-23(30-11-18)34-12-19(28)20(13-34)35-14-25(26,27)7-4-21(35)36/h10-11,15-17,19H,4-9,12-14,28H2,1-3H3/q+1. The Kier molecular flexibility index (Phi) is 7.30. The van der Waals surface area contributed by atoms with Crippen molar-refractivity contribution in [3.05, 3.63) is 18.2 Å². The molecule has 38 heavy (non-hydrogen) atoms. The van der Waals surface area contributed by atoms with Gasteiger partial charge in [-0.15, -0.1) is 0 Å². The van der Waals surface area contributed by atoms with Crippen molar-refractivity contribution in [2.24, 2.45) is 11.7 Å². The van der Waals surface area contributed by atoms with Gasteiger partial charge in [-0.05, 0) is 25.7 Å². The normalized spacial score (nSPS) is 25.3. The number of piperidine rings is 2. The first-order valence-corrected chi connectivity index (χ1v) is 13.2. The van der Waals surface area contributed by atoms with Crippen LogP contribution in [0.3, 0.4) is 0 Å². The van der Waals surface area contributed by atoms with Crippen molar-refractivity contribution >= 4 is 23.6 Å².